The van der Waals surface area contributed by atoms with Crippen LogP contribution in [-0.4, -0.2) is 104 Å². The van der Waals surface area contributed by atoms with E-state index >= 15 is 8.78 Å². The maximum atomic E-state index is 17.7. The summed E-state index contributed by atoms with van der Waals surface area (Å²) in [7, 11) is 1.70. The number of aryl methyl sites for hydroxylation is 1. The Morgan fingerprint density at radius 1 is 1.04 bits per heavy atom. The SMILES string of the molecule is C#Cc1c(F)ccc2cc(O)cc(-c3c(F)c4nc(OC[C@@]56CCCN5C[C@H](F)C6)nc(N5C[C@H]6CC[C@@H](C5)N6CCCCC(F)(F)F)c4c4cn(C)nc34)c12. The van der Waals surface area contributed by atoms with E-state index in [0.29, 0.717) is 61.0 Å². The second-order valence-corrected chi connectivity index (χ2v) is 15.9. The van der Waals surface area contributed by atoms with Gasteiger partial charge in [-0.25, -0.2) is 13.2 Å². The number of hydrogen-bond donors (Lipinski definition) is 1. The molecule has 4 aliphatic rings. The number of anilines is 1. The number of ether oxygens (including phenoxy) is 1. The van der Waals surface area contributed by atoms with Crippen LogP contribution in [0.5, 0.6) is 11.8 Å². The average molecular weight is 778 g/mol. The lowest BCUT2D eigenvalue weighted by atomic mass is 9.91. The van der Waals surface area contributed by atoms with Gasteiger partial charge in [-0.15, -0.1) is 6.42 Å². The van der Waals surface area contributed by atoms with Crippen LogP contribution in [0, 0.1) is 24.0 Å². The Labute approximate surface area is 319 Å². The summed E-state index contributed by atoms with van der Waals surface area (Å²) in [5, 5.41) is 17.1. The molecule has 2 bridgehead atoms. The van der Waals surface area contributed by atoms with Crippen LogP contribution in [0.15, 0.2) is 30.5 Å². The smallest absolute Gasteiger partial charge is 0.389 e. The molecule has 1 N–H and O–H groups in total. The van der Waals surface area contributed by atoms with Crippen LogP contribution in [0.4, 0.5) is 32.2 Å². The van der Waals surface area contributed by atoms with Gasteiger partial charge >= 0.3 is 12.2 Å². The number of phenolic OH excluding ortho intramolecular Hbond substituents is 1. The molecule has 0 radical (unpaired) electrons. The van der Waals surface area contributed by atoms with Gasteiger partial charge in [0.2, 0.25) is 0 Å². The third-order valence-corrected chi connectivity index (χ3v) is 12.4. The average Bonchev–Trinajstić information content (AvgIpc) is 3.87. The van der Waals surface area contributed by atoms with Crippen molar-refractivity contribution in [3.05, 3.63) is 47.7 Å². The summed E-state index contributed by atoms with van der Waals surface area (Å²) in [6.45, 7) is 2.74. The summed E-state index contributed by atoms with van der Waals surface area (Å²) in [6, 6.07) is 5.45. The van der Waals surface area contributed by atoms with E-state index in [9.17, 15) is 22.7 Å². The van der Waals surface area contributed by atoms with Gasteiger partial charge in [-0.05, 0) is 80.8 Å². The van der Waals surface area contributed by atoms with Crippen molar-refractivity contribution in [3.63, 3.8) is 0 Å². The predicted octanol–water partition coefficient (Wildman–Crippen LogP) is 7.64. The number of phenols is 1. The lowest BCUT2D eigenvalue weighted by Crippen LogP contribution is -2.54. The van der Waals surface area contributed by atoms with Crippen LogP contribution < -0.4 is 9.64 Å². The van der Waals surface area contributed by atoms with Crippen molar-refractivity contribution in [1.29, 1.82) is 0 Å². The first-order valence-electron chi connectivity index (χ1n) is 19.2. The Kier molecular flexibility index (Phi) is 9.00. The normalized spacial score (nSPS) is 24.2. The Morgan fingerprint density at radius 3 is 2.57 bits per heavy atom. The number of aromatic hydroxyl groups is 1. The highest BCUT2D eigenvalue weighted by molar-refractivity contribution is 6.18. The second-order valence-electron chi connectivity index (χ2n) is 15.9. The molecule has 3 aromatic carbocycles. The van der Waals surface area contributed by atoms with Gasteiger partial charge in [-0.1, -0.05) is 12.0 Å². The number of unbranched alkanes of at least 4 members (excludes halogenated alkanes) is 1. The molecular formula is C41H41F6N7O2. The van der Waals surface area contributed by atoms with E-state index in [1.807, 2.05) is 0 Å². The first-order valence-corrected chi connectivity index (χ1v) is 19.2. The van der Waals surface area contributed by atoms with E-state index in [2.05, 4.69) is 25.7 Å². The molecule has 5 aromatic rings. The second kappa shape index (κ2) is 13.7. The van der Waals surface area contributed by atoms with Crippen LogP contribution in [0.3, 0.4) is 0 Å². The van der Waals surface area contributed by atoms with Gasteiger partial charge in [0.15, 0.2) is 5.82 Å². The third kappa shape index (κ3) is 6.25. The van der Waals surface area contributed by atoms with Gasteiger partial charge in [0.25, 0.3) is 0 Å². The summed E-state index contributed by atoms with van der Waals surface area (Å²) in [5.41, 5.74) is -0.372. The molecule has 0 spiro atoms. The van der Waals surface area contributed by atoms with Gasteiger partial charge in [-0.3, -0.25) is 14.5 Å². The highest BCUT2D eigenvalue weighted by Gasteiger charge is 2.49. The van der Waals surface area contributed by atoms with E-state index in [1.165, 1.54) is 24.3 Å². The molecule has 294 valence electrons. The molecule has 0 saturated carbocycles. The van der Waals surface area contributed by atoms with Crippen molar-refractivity contribution in [2.45, 2.75) is 81.3 Å². The molecule has 4 saturated heterocycles. The van der Waals surface area contributed by atoms with E-state index in [-0.39, 0.29) is 70.0 Å². The molecule has 0 aliphatic carbocycles. The highest BCUT2D eigenvalue weighted by atomic mass is 19.4. The number of aromatic nitrogens is 4. The molecule has 4 fully saturated rings. The fourth-order valence-corrected chi connectivity index (χ4v) is 10.0. The van der Waals surface area contributed by atoms with Crippen molar-refractivity contribution in [2.75, 3.05) is 44.2 Å². The van der Waals surface area contributed by atoms with E-state index in [0.717, 1.165) is 32.2 Å². The molecule has 4 atom stereocenters. The van der Waals surface area contributed by atoms with Crippen LogP contribution >= 0.6 is 0 Å². The van der Waals surface area contributed by atoms with Crippen LogP contribution in [0.2, 0.25) is 0 Å². The quantitative estimate of drug-likeness (QED) is 0.0930. The molecule has 6 heterocycles. The van der Waals surface area contributed by atoms with Crippen molar-refractivity contribution < 1.29 is 36.2 Å². The summed E-state index contributed by atoms with van der Waals surface area (Å²) in [4.78, 5) is 16.2. The molecule has 4 aliphatic heterocycles. The van der Waals surface area contributed by atoms with Crippen molar-refractivity contribution in [3.8, 4) is 35.2 Å². The molecule has 0 amide bonds. The Hall–Kier alpha value is -4.81. The number of terminal acetylenes is 1. The van der Waals surface area contributed by atoms with Crippen LogP contribution in [0.1, 0.15) is 56.9 Å². The maximum Gasteiger partial charge on any atom is 0.389 e. The van der Waals surface area contributed by atoms with Gasteiger partial charge in [0.05, 0.1) is 16.5 Å². The monoisotopic (exact) mass is 777 g/mol. The third-order valence-electron chi connectivity index (χ3n) is 12.4. The standard InChI is InChI=1S/C41H41F6N7O2/c1-3-28-31(43)10-7-23-15-27(55)16-29(32(23)28)33-35(44)37-34(30-21-51(2)50-36(30)33)38(49-39(48-37)56-22-40-11-6-13-53(40)18-24(42)17-40)52-19-25-8-9-26(20-52)54(25)14-5-4-12-41(45,46)47/h1,7,10,15-16,21,24-26,55H,4-6,8-9,11-14,17-20,22H2,2H3/t24-,25-,26+,40+/m1/s1. The van der Waals surface area contributed by atoms with Crippen molar-refractivity contribution >= 4 is 38.4 Å². The molecule has 9 rings (SSSR count). The zero-order chi connectivity index (χ0) is 39.1. The van der Waals surface area contributed by atoms with Crippen molar-refractivity contribution in [2.24, 2.45) is 7.05 Å². The minimum absolute atomic E-state index is 0.0351. The molecule has 2 aromatic heterocycles. The number of alkyl halides is 4. The number of fused-ring (bicyclic) bond motifs is 7. The first kappa shape index (κ1) is 36.8. The molecule has 56 heavy (non-hydrogen) atoms. The summed E-state index contributed by atoms with van der Waals surface area (Å²) >= 11 is 0. The summed E-state index contributed by atoms with van der Waals surface area (Å²) in [5.74, 6) is 1.17. The maximum absolute atomic E-state index is 17.7. The highest BCUT2D eigenvalue weighted by Crippen LogP contribution is 2.46. The number of nitrogens with zero attached hydrogens (tertiary/aromatic N) is 7. The zero-order valence-electron chi connectivity index (χ0n) is 30.8. The molecule has 15 heteroatoms. The number of hydrogen-bond acceptors (Lipinski definition) is 8. The number of halogens is 6. The first-order chi connectivity index (χ1) is 26.8. The van der Waals surface area contributed by atoms with Gasteiger partial charge in [0, 0.05) is 74.1 Å². The Bertz CT molecular complexity index is 2400. The van der Waals surface area contributed by atoms with E-state index < -0.39 is 35.9 Å². The fraction of sp³-hybridized carbons (Fsp3) is 0.488. The largest absolute Gasteiger partial charge is 0.508 e. The summed E-state index contributed by atoms with van der Waals surface area (Å²) in [6.07, 6.45) is 5.72. The lowest BCUT2D eigenvalue weighted by molar-refractivity contribution is -0.135. The lowest BCUT2D eigenvalue weighted by Gasteiger charge is -2.42. The van der Waals surface area contributed by atoms with Crippen LogP contribution in [-0.2, 0) is 7.05 Å². The van der Waals surface area contributed by atoms with Crippen LogP contribution in [0.25, 0.3) is 43.7 Å². The topological polar surface area (TPSA) is 82.8 Å². The minimum atomic E-state index is -4.19. The number of rotatable bonds is 9. The van der Waals surface area contributed by atoms with E-state index in [1.54, 1.807) is 17.9 Å². The van der Waals surface area contributed by atoms with Gasteiger partial charge < -0.3 is 14.7 Å². The van der Waals surface area contributed by atoms with Gasteiger partial charge in [-0.2, -0.15) is 28.2 Å². The molecular weight excluding hydrogens is 736 g/mol. The predicted molar refractivity (Wildman–Crippen MR) is 200 cm³/mol. The molecule has 9 nitrogen and oxygen atoms in total. The summed E-state index contributed by atoms with van der Waals surface area (Å²) < 4.78 is 94.2. The Morgan fingerprint density at radius 2 is 1.82 bits per heavy atom. The van der Waals surface area contributed by atoms with E-state index in [4.69, 9.17) is 21.1 Å². The molecule has 0 unspecified atom stereocenters. The van der Waals surface area contributed by atoms with Gasteiger partial charge in [0.1, 0.15) is 41.2 Å². The number of piperazine rings is 1. The Balaban J connectivity index is 1.19. The zero-order valence-corrected chi connectivity index (χ0v) is 30.8. The fourth-order valence-electron chi connectivity index (χ4n) is 10.0. The minimum Gasteiger partial charge on any atom is -0.508 e. The number of benzene rings is 3. The van der Waals surface area contributed by atoms with Crippen molar-refractivity contribution in [1.82, 2.24) is 29.5 Å².